The number of benzene rings is 1. The minimum Gasteiger partial charge on any atom is -0.510 e. The maximum Gasteiger partial charge on any atom is 0.129 e. The Morgan fingerprint density at radius 3 is 2.60 bits per heavy atom. The summed E-state index contributed by atoms with van der Waals surface area (Å²) in [6.07, 6.45) is 4.02. The van der Waals surface area contributed by atoms with Gasteiger partial charge in [0.05, 0.1) is 7.11 Å². The molecule has 1 aliphatic carbocycles. The Hall–Kier alpha value is -1.52. The summed E-state index contributed by atoms with van der Waals surface area (Å²) in [7, 11) is 3.48. The van der Waals surface area contributed by atoms with Crippen LogP contribution in [0.3, 0.4) is 0 Å². The van der Waals surface area contributed by atoms with Crippen LogP contribution in [0.1, 0.15) is 30.7 Å². The van der Waals surface area contributed by atoms with E-state index in [1.807, 2.05) is 31.3 Å². The van der Waals surface area contributed by atoms with Crippen LogP contribution in [0.4, 0.5) is 0 Å². The summed E-state index contributed by atoms with van der Waals surface area (Å²) in [6, 6.07) is 7.65. The van der Waals surface area contributed by atoms with Crippen molar-refractivity contribution in [3.8, 4) is 5.75 Å². The van der Waals surface area contributed by atoms with E-state index in [0.29, 0.717) is 13.0 Å². The first kappa shape index (κ1) is 14.9. The SMILES string of the molecule is CNCC(c1ccc(OC)cc1)C1(O)CCCC=C1O. The van der Waals surface area contributed by atoms with E-state index in [2.05, 4.69) is 5.32 Å². The lowest BCUT2D eigenvalue weighted by Crippen LogP contribution is -2.44. The molecule has 1 aromatic carbocycles. The van der Waals surface area contributed by atoms with Crippen molar-refractivity contribution in [2.45, 2.75) is 30.8 Å². The minimum absolute atomic E-state index is 0.0971. The molecule has 0 saturated carbocycles. The van der Waals surface area contributed by atoms with Gasteiger partial charge in [-0.25, -0.2) is 0 Å². The van der Waals surface area contributed by atoms with Crippen molar-refractivity contribution < 1.29 is 14.9 Å². The van der Waals surface area contributed by atoms with Gasteiger partial charge in [-0.2, -0.15) is 0 Å². The molecule has 2 atom stereocenters. The first-order valence-corrected chi connectivity index (χ1v) is 7.02. The van der Waals surface area contributed by atoms with E-state index in [1.54, 1.807) is 13.2 Å². The molecule has 0 aromatic heterocycles. The molecular weight excluding hydrogens is 254 g/mol. The molecule has 110 valence electrons. The van der Waals surface area contributed by atoms with Crippen molar-refractivity contribution in [3.63, 3.8) is 0 Å². The molecule has 4 heteroatoms. The highest BCUT2D eigenvalue weighted by atomic mass is 16.5. The number of likely N-dealkylation sites (N-methyl/N-ethyl adjacent to an activating group) is 1. The first-order valence-electron chi connectivity index (χ1n) is 7.02. The van der Waals surface area contributed by atoms with Gasteiger partial charge in [-0.05, 0) is 50.1 Å². The van der Waals surface area contributed by atoms with E-state index in [1.165, 1.54) is 0 Å². The quantitative estimate of drug-likeness (QED) is 0.773. The second-order valence-corrected chi connectivity index (χ2v) is 5.29. The predicted molar refractivity (Wildman–Crippen MR) is 79.2 cm³/mol. The van der Waals surface area contributed by atoms with E-state index in [-0.39, 0.29) is 11.7 Å². The molecule has 0 saturated heterocycles. The second-order valence-electron chi connectivity index (χ2n) is 5.29. The van der Waals surface area contributed by atoms with Gasteiger partial charge >= 0.3 is 0 Å². The lowest BCUT2D eigenvalue weighted by atomic mass is 9.75. The summed E-state index contributed by atoms with van der Waals surface area (Å²) < 4.78 is 5.16. The van der Waals surface area contributed by atoms with Crippen LogP contribution in [-0.2, 0) is 0 Å². The largest absolute Gasteiger partial charge is 0.510 e. The number of hydrogen-bond acceptors (Lipinski definition) is 4. The van der Waals surface area contributed by atoms with Crippen molar-refractivity contribution in [1.82, 2.24) is 5.32 Å². The molecule has 20 heavy (non-hydrogen) atoms. The Morgan fingerprint density at radius 2 is 2.05 bits per heavy atom. The van der Waals surface area contributed by atoms with E-state index in [0.717, 1.165) is 24.2 Å². The molecule has 0 amide bonds. The average molecular weight is 277 g/mol. The molecule has 0 aliphatic heterocycles. The van der Waals surface area contributed by atoms with Gasteiger partial charge in [-0.15, -0.1) is 0 Å². The first-order chi connectivity index (χ1) is 9.61. The number of hydrogen-bond donors (Lipinski definition) is 3. The fourth-order valence-corrected chi connectivity index (χ4v) is 2.87. The third kappa shape index (κ3) is 2.81. The fourth-order valence-electron chi connectivity index (χ4n) is 2.87. The summed E-state index contributed by atoms with van der Waals surface area (Å²) in [5, 5.41) is 24.2. The molecule has 0 radical (unpaired) electrons. The number of aliphatic hydroxyl groups is 2. The minimum atomic E-state index is -1.18. The second kappa shape index (κ2) is 6.29. The summed E-state index contributed by atoms with van der Waals surface area (Å²) in [5.41, 5.74) is -0.194. The van der Waals surface area contributed by atoms with Crippen LogP contribution in [0.15, 0.2) is 36.1 Å². The van der Waals surface area contributed by atoms with Crippen LogP contribution in [-0.4, -0.2) is 36.5 Å². The number of aliphatic hydroxyl groups excluding tert-OH is 1. The van der Waals surface area contributed by atoms with Crippen molar-refractivity contribution in [2.24, 2.45) is 0 Å². The van der Waals surface area contributed by atoms with Crippen molar-refractivity contribution in [1.29, 1.82) is 0 Å². The molecule has 1 aliphatic rings. The van der Waals surface area contributed by atoms with Gasteiger partial charge in [-0.1, -0.05) is 12.1 Å². The van der Waals surface area contributed by atoms with Crippen LogP contribution >= 0.6 is 0 Å². The number of allylic oxidation sites excluding steroid dienone is 1. The smallest absolute Gasteiger partial charge is 0.129 e. The van der Waals surface area contributed by atoms with Gasteiger partial charge in [0.25, 0.3) is 0 Å². The Kier molecular flexibility index (Phi) is 4.68. The summed E-state index contributed by atoms with van der Waals surface area (Å²) in [5.74, 6) is 0.696. The van der Waals surface area contributed by atoms with E-state index in [4.69, 9.17) is 4.74 Å². The van der Waals surface area contributed by atoms with Crippen molar-refractivity contribution in [2.75, 3.05) is 20.7 Å². The normalized spacial score (nSPS) is 24.1. The van der Waals surface area contributed by atoms with Crippen LogP contribution in [0.5, 0.6) is 5.75 Å². The molecular formula is C16H23NO3. The van der Waals surface area contributed by atoms with Crippen molar-refractivity contribution >= 4 is 0 Å². The third-order valence-electron chi connectivity index (χ3n) is 4.05. The summed E-state index contributed by atoms with van der Waals surface area (Å²) >= 11 is 0. The predicted octanol–water partition coefficient (Wildman–Crippen LogP) is 2.36. The van der Waals surface area contributed by atoms with Gasteiger partial charge in [-0.3, -0.25) is 0 Å². The Labute approximate surface area is 120 Å². The number of rotatable bonds is 5. The molecule has 0 spiro atoms. The molecule has 2 rings (SSSR count). The standard InChI is InChI=1S/C16H23NO3/c1-17-11-14(12-6-8-13(20-2)9-7-12)16(19)10-4-3-5-15(16)18/h5-9,14,17-19H,3-4,10-11H2,1-2H3. The highest BCUT2D eigenvalue weighted by Gasteiger charge is 2.42. The molecule has 0 fully saturated rings. The maximum atomic E-state index is 10.9. The lowest BCUT2D eigenvalue weighted by Gasteiger charge is -2.38. The summed E-state index contributed by atoms with van der Waals surface area (Å²) in [4.78, 5) is 0. The fraction of sp³-hybridized carbons (Fsp3) is 0.500. The number of methoxy groups -OCH3 is 1. The molecule has 1 aromatic rings. The van der Waals surface area contributed by atoms with Gasteiger partial charge in [0.2, 0.25) is 0 Å². The van der Waals surface area contributed by atoms with Crippen LogP contribution in [0, 0.1) is 0 Å². The zero-order chi connectivity index (χ0) is 14.6. The Balaban J connectivity index is 2.34. The Bertz CT molecular complexity index is 469. The van der Waals surface area contributed by atoms with Gasteiger partial charge in [0, 0.05) is 12.5 Å². The molecule has 3 N–H and O–H groups in total. The number of ether oxygens (including phenoxy) is 1. The van der Waals surface area contributed by atoms with Crippen LogP contribution < -0.4 is 10.1 Å². The van der Waals surface area contributed by atoms with E-state index in [9.17, 15) is 10.2 Å². The molecule has 2 unspecified atom stereocenters. The molecule has 0 heterocycles. The van der Waals surface area contributed by atoms with E-state index >= 15 is 0 Å². The topological polar surface area (TPSA) is 61.7 Å². The zero-order valence-electron chi connectivity index (χ0n) is 12.1. The Morgan fingerprint density at radius 1 is 1.35 bits per heavy atom. The molecule has 4 nitrogen and oxygen atoms in total. The van der Waals surface area contributed by atoms with Gasteiger partial charge < -0.3 is 20.3 Å². The van der Waals surface area contributed by atoms with Crippen LogP contribution in [0.2, 0.25) is 0 Å². The van der Waals surface area contributed by atoms with E-state index < -0.39 is 5.60 Å². The van der Waals surface area contributed by atoms with Crippen LogP contribution in [0.25, 0.3) is 0 Å². The third-order valence-corrected chi connectivity index (χ3v) is 4.05. The monoisotopic (exact) mass is 277 g/mol. The number of nitrogens with one attached hydrogen (secondary N) is 1. The van der Waals surface area contributed by atoms with Gasteiger partial charge in [0.1, 0.15) is 17.1 Å². The van der Waals surface area contributed by atoms with Gasteiger partial charge in [0.15, 0.2) is 0 Å². The zero-order valence-corrected chi connectivity index (χ0v) is 12.1. The highest BCUT2D eigenvalue weighted by Crippen LogP contribution is 2.40. The highest BCUT2D eigenvalue weighted by molar-refractivity contribution is 5.34. The average Bonchev–Trinajstić information content (AvgIpc) is 2.48. The lowest BCUT2D eigenvalue weighted by molar-refractivity contribution is -0.00506. The molecule has 0 bridgehead atoms. The summed E-state index contributed by atoms with van der Waals surface area (Å²) in [6.45, 7) is 0.598. The van der Waals surface area contributed by atoms with Crippen molar-refractivity contribution in [3.05, 3.63) is 41.7 Å². The maximum absolute atomic E-state index is 10.9.